The molecule has 0 radical (unpaired) electrons. The maximum Gasteiger partial charge on any atom is 0.422 e. The minimum Gasteiger partial charge on any atom is -0.478 e. The highest BCUT2D eigenvalue weighted by atomic mass is 19.4. The number of ether oxygens (including phenoxy) is 3. The van der Waals surface area contributed by atoms with Gasteiger partial charge in [0.25, 0.3) is 0 Å². The van der Waals surface area contributed by atoms with Crippen molar-refractivity contribution in [2.24, 2.45) is 5.41 Å². The average Bonchev–Trinajstić information content (AvgIpc) is 2.74. The molecule has 3 saturated heterocycles. The van der Waals surface area contributed by atoms with Crippen LogP contribution in [0.3, 0.4) is 0 Å². The molecule has 0 atom stereocenters. The summed E-state index contributed by atoms with van der Waals surface area (Å²) in [7, 11) is 0. The van der Waals surface area contributed by atoms with Crippen LogP contribution in [0, 0.1) is 17.0 Å². The van der Waals surface area contributed by atoms with E-state index in [9.17, 15) is 22.0 Å². The molecule has 0 spiro atoms. The van der Waals surface area contributed by atoms with Gasteiger partial charge in [-0.15, -0.1) is 0 Å². The molecule has 8 heteroatoms. The van der Waals surface area contributed by atoms with Crippen molar-refractivity contribution in [2.45, 2.75) is 38.1 Å². The second-order valence-electron chi connectivity index (χ2n) is 7.93. The Kier molecular flexibility index (Phi) is 5.26. The molecular formula is C22H21F5O3. The fraction of sp³-hybridized carbons (Fsp3) is 0.455. The molecule has 0 N–H and O–H groups in total. The number of fused-ring (bicyclic) bond motifs is 3. The lowest BCUT2D eigenvalue weighted by Crippen LogP contribution is -2.53. The van der Waals surface area contributed by atoms with Gasteiger partial charge in [-0.05, 0) is 36.1 Å². The molecule has 3 aliphatic rings. The standard InChI is InChI=1S/C22H21F5O3/c1-2-20-7-8-21(29-11-20,30-12-20)16-5-3-14(4-6-16)15-9-17(23)19(18(24)10-15)28-13-22(25,26)27/h3-6,9-10H,2,7-8,11-13H2,1H3. The molecule has 0 saturated carbocycles. The second kappa shape index (κ2) is 7.50. The first kappa shape index (κ1) is 21.1. The minimum absolute atomic E-state index is 0.0761. The summed E-state index contributed by atoms with van der Waals surface area (Å²) >= 11 is 0. The smallest absolute Gasteiger partial charge is 0.422 e. The van der Waals surface area contributed by atoms with E-state index in [1.807, 2.05) is 0 Å². The molecule has 0 aliphatic carbocycles. The number of hydrogen-bond acceptors (Lipinski definition) is 3. The van der Waals surface area contributed by atoms with Crippen LogP contribution in [0.15, 0.2) is 36.4 Å². The first-order valence-electron chi connectivity index (χ1n) is 9.73. The van der Waals surface area contributed by atoms with Crippen LogP contribution in [0.1, 0.15) is 31.7 Å². The largest absolute Gasteiger partial charge is 0.478 e. The van der Waals surface area contributed by atoms with E-state index in [1.54, 1.807) is 24.3 Å². The number of hydrogen-bond donors (Lipinski definition) is 0. The quantitative estimate of drug-likeness (QED) is 0.550. The van der Waals surface area contributed by atoms with Crippen LogP contribution in [0.2, 0.25) is 0 Å². The Labute approximate surface area is 170 Å². The van der Waals surface area contributed by atoms with Crippen molar-refractivity contribution in [1.29, 1.82) is 0 Å². The Morgan fingerprint density at radius 3 is 2.00 bits per heavy atom. The Balaban J connectivity index is 1.54. The normalized spacial score (nSPS) is 26.1. The summed E-state index contributed by atoms with van der Waals surface area (Å²) in [4.78, 5) is 0. The number of benzene rings is 2. The molecule has 3 aliphatic heterocycles. The summed E-state index contributed by atoms with van der Waals surface area (Å²) in [6.45, 7) is 1.61. The molecule has 2 aromatic rings. The van der Waals surface area contributed by atoms with Gasteiger partial charge in [0.1, 0.15) is 0 Å². The van der Waals surface area contributed by atoms with E-state index < -0.39 is 36.0 Å². The third-order valence-corrected chi connectivity index (χ3v) is 5.99. The summed E-state index contributed by atoms with van der Waals surface area (Å²) in [6, 6.07) is 8.82. The van der Waals surface area contributed by atoms with Crippen LogP contribution in [0.25, 0.3) is 11.1 Å². The van der Waals surface area contributed by atoms with Crippen molar-refractivity contribution in [1.82, 2.24) is 0 Å². The third kappa shape index (κ3) is 3.90. The fourth-order valence-electron chi connectivity index (χ4n) is 3.97. The zero-order valence-electron chi connectivity index (χ0n) is 16.3. The van der Waals surface area contributed by atoms with Crippen LogP contribution in [0.4, 0.5) is 22.0 Å². The van der Waals surface area contributed by atoms with Gasteiger partial charge >= 0.3 is 6.18 Å². The van der Waals surface area contributed by atoms with E-state index in [-0.39, 0.29) is 11.0 Å². The SMILES string of the molecule is CCC12CCC(c3ccc(-c4cc(F)c(OCC(F)(F)F)c(F)c4)cc3)(OC1)OC2. The van der Waals surface area contributed by atoms with E-state index in [0.29, 0.717) is 18.8 Å². The predicted molar refractivity (Wildman–Crippen MR) is 98.9 cm³/mol. The van der Waals surface area contributed by atoms with E-state index in [1.165, 1.54) is 0 Å². The molecule has 0 amide bonds. The first-order chi connectivity index (χ1) is 14.2. The highest BCUT2D eigenvalue weighted by molar-refractivity contribution is 5.65. The minimum atomic E-state index is -4.69. The number of rotatable bonds is 5. The van der Waals surface area contributed by atoms with Gasteiger partial charge in [-0.25, -0.2) is 8.78 Å². The summed E-state index contributed by atoms with van der Waals surface area (Å²) in [5.41, 5.74) is 1.59. The lowest BCUT2D eigenvalue weighted by atomic mass is 9.75. The molecule has 5 rings (SSSR count). The fourth-order valence-corrected chi connectivity index (χ4v) is 3.97. The summed E-state index contributed by atoms with van der Waals surface area (Å²) < 4.78 is 81.4. The molecule has 30 heavy (non-hydrogen) atoms. The van der Waals surface area contributed by atoms with Crippen molar-refractivity contribution in [3.8, 4) is 16.9 Å². The van der Waals surface area contributed by atoms with E-state index in [0.717, 1.165) is 37.0 Å². The van der Waals surface area contributed by atoms with Gasteiger partial charge in [0.2, 0.25) is 0 Å². The molecule has 0 aromatic heterocycles. The Morgan fingerprint density at radius 1 is 0.933 bits per heavy atom. The maximum atomic E-state index is 14.2. The van der Waals surface area contributed by atoms with E-state index >= 15 is 0 Å². The van der Waals surface area contributed by atoms with Gasteiger partial charge in [0, 0.05) is 17.4 Å². The van der Waals surface area contributed by atoms with E-state index in [2.05, 4.69) is 11.7 Å². The maximum absolute atomic E-state index is 14.2. The molecule has 3 fully saturated rings. The van der Waals surface area contributed by atoms with Gasteiger partial charge in [-0.1, -0.05) is 31.2 Å². The van der Waals surface area contributed by atoms with Gasteiger partial charge < -0.3 is 14.2 Å². The highest BCUT2D eigenvalue weighted by Crippen LogP contribution is 2.50. The lowest BCUT2D eigenvalue weighted by molar-refractivity contribution is -0.350. The lowest BCUT2D eigenvalue weighted by Gasteiger charge is -2.52. The molecule has 3 nitrogen and oxygen atoms in total. The zero-order valence-corrected chi connectivity index (χ0v) is 16.3. The second-order valence-corrected chi connectivity index (χ2v) is 7.93. The third-order valence-electron chi connectivity index (χ3n) is 5.99. The molecule has 2 bridgehead atoms. The van der Waals surface area contributed by atoms with Crippen molar-refractivity contribution >= 4 is 0 Å². The summed E-state index contributed by atoms with van der Waals surface area (Å²) in [6.07, 6.45) is -1.97. The van der Waals surface area contributed by atoms with Crippen molar-refractivity contribution in [2.75, 3.05) is 19.8 Å². The van der Waals surface area contributed by atoms with Crippen LogP contribution in [-0.4, -0.2) is 26.0 Å². The molecule has 3 heterocycles. The first-order valence-corrected chi connectivity index (χ1v) is 9.73. The topological polar surface area (TPSA) is 27.7 Å². The van der Waals surface area contributed by atoms with E-state index in [4.69, 9.17) is 9.47 Å². The van der Waals surface area contributed by atoms with Gasteiger partial charge in [0.05, 0.1) is 13.2 Å². The van der Waals surface area contributed by atoms with Crippen LogP contribution in [0.5, 0.6) is 5.75 Å². The summed E-state index contributed by atoms with van der Waals surface area (Å²) in [5, 5.41) is 0. The van der Waals surface area contributed by atoms with Crippen molar-refractivity contribution in [3.63, 3.8) is 0 Å². The molecule has 162 valence electrons. The van der Waals surface area contributed by atoms with Crippen LogP contribution >= 0.6 is 0 Å². The van der Waals surface area contributed by atoms with Crippen LogP contribution < -0.4 is 4.74 Å². The van der Waals surface area contributed by atoms with Gasteiger partial charge in [0.15, 0.2) is 29.8 Å². The number of halogens is 5. The summed E-state index contributed by atoms with van der Waals surface area (Å²) in [5.74, 6) is -4.24. The highest BCUT2D eigenvalue weighted by Gasteiger charge is 2.51. The zero-order chi connectivity index (χ0) is 21.6. The van der Waals surface area contributed by atoms with Gasteiger partial charge in [-0.3, -0.25) is 0 Å². The number of alkyl halides is 3. The van der Waals surface area contributed by atoms with Crippen molar-refractivity contribution < 1.29 is 36.2 Å². The predicted octanol–water partition coefficient (Wildman–Crippen LogP) is 5.96. The van der Waals surface area contributed by atoms with Crippen LogP contribution in [-0.2, 0) is 15.3 Å². The molecule has 0 unspecified atom stereocenters. The van der Waals surface area contributed by atoms with Gasteiger partial charge in [-0.2, -0.15) is 13.2 Å². The molecule has 2 aromatic carbocycles. The Morgan fingerprint density at radius 2 is 1.53 bits per heavy atom. The molecular weight excluding hydrogens is 407 g/mol. The Hall–Kier alpha value is -2.19. The monoisotopic (exact) mass is 428 g/mol. The average molecular weight is 428 g/mol. The van der Waals surface area contributed by atoms with Crippen molar-refractivity contribution in [3.05, 3.63) is 53.6 Å². The Bertz CT molecular complexity index is 876.